The Morgan fingerprint density at radius 2 is 1.82 bits per heavy atom. The Hall–Kier alpha value is -3.50. The minimum atomic E-state index is -4.24. The quantitative estimate of drug-likeness (QED) is 0.539. The summed E-state index contributed by atoms with van der Waals surface area (Å²) in [6.07, 6.45) is 0. The molecule has 0 unspecified atom stereocenters. The van der Waals surface area contributed by atoms with Crippen LogP contribution in [0.25, 0.3) is 5.57 Å². The first-order chi connectivity index (χ1) is 15.8. The van der Waals surface area contributed by atoms with Crippen molar-refractivity contribution in [2.24, 2.45) is 0 Å². The number of fused-ring (bicyclic) bond motifs is 2. The van der Waals surface area contributed by atoms with E-state index in [1.807, 2.05) is 0 Å². The second-order valence-electron chi connectivity index (χ2n) is 7.16. The molecule has 33 heavy (non-hydrogen) atoms. The molecule has 0 spiro atoms. The number of rotatable bonds is 4. The topological polar surface area (TPSA) is 102 Å². The van der Waals surface area contributed by atoms with E-state index in [9.17, 15) is 18.3 Å². The van der Waals surface area contributed by atoms with Gasteiger partial charge in [0.25, 0.3) is 10.0 Å². The van der Waals surface area contributed by atoms with Crippen molar-refractivity contribution in [3.63, 3.8) is 0 Å². The predicted octanol–water partition coefficient (Wildman–Crippen LogP) is 4.24. The fourth-order valence-electron chi connectivity index (χ4n) is 3.97. The van der Waals surface area contributed by atoms with Crippen molar-refractivity contribution in [2.45, 2.75) is 4.90 Å². The van der Waals surface area contributed by atoms with E-state index in [-0.39, 0.29) is 28.5 Å². The second kappa shape index (κ2) is 7.82. The summed E-state index contributed by atoms with van der Waals surface area (Å²) in [7, 11) is -2.78. The van der Waals surface area contributed by atoms with Crippen molar-refractivity contribution in [1.29, 1.82) is 0 Å². The van der Waals surface area contributed by atoms with E-state index in [4.69, 9.17) is 14.2 Å². The van der Waals surface area contributed by atoms with Crippen LogP contribution in [-0.2, 0) is 14.8 Å². The lowest BCUT2D eigenvalue weighted by Gasteiger charge is -2.33. The average molecular weight is 530 g/mol. The largest absolute Gasteiger partial charge is 0.493 e. The van der Waals surface area contributed by atoms with Gasteiger partial charge in [-0.1, -0.05) is 30.3 Å². The SMILES string of the molecule is COc1cc(C2=C(C(=O)O)N(c3ccccc3Br)S(=O)(=O)c3ccccc32)cc2c1OCO2. The zero-order chi connectivity index (χ0) is 23.3. The molecule has 0 radical (unpaired) electrons. The fourth-order valence-corrected chi connectivity index (χ4v) is 6.27. The van der Waals surface area contributed by atoms with Crippen molar-refractivity contribution in [3.8, 4) is 17.2 Å². The first-order valence-corrected chi connectivity index (χ1v) is 11.9. The third-order valence-corrected chi connectivity index (χ3v) is 7.78. The van der Waals surface area contributed by atoms with Gasteiger partial charge in [0.2, 0.25) is 12.5 Å². The van der Waals surface area contributed by atoms with Crippen molar-refractivity contribution in [2.75, 3.05) is 18.2 Å². The van der Waals surface area contributed by atoms with E-state index in [1.165, 1.54) is 19.2 Å². The number of hydrogen-bond acceptors (Lipinski definition) is 6. The zero-order valence-corrected chi connectivity index (χ0v) is 19.5. The minimum Gasteiger partial charge on any atom is -0.493 e. The molecule has 0 saturated carbocycles. The highest BCUT2D eigenvalue weighted by atomic mass is 79.9. The van der Waals surface area contributed by atoms with Crippen LogP contribution >= 0.6 is 15.9 Å². The number of hydrogen-bond donors (Lipinski definition) is 1. The van der Waals surface area contributed by atoms with Gasteiger partial charge in [-0.3, -0.25) is 0 Å². The maximum atomic E-state index is 13.7. The number of para-hydroxylation sites is 1. The number of anilines is 1. The normalized spacial score (nSPS) is 15.9. The van der Waals surface area contributed by atoms with Crippen LogP contribution in [0.4, 0.5) is 5.69 Å². The fraction of sp³-hybridized carbons (Fsp3) is 0.0870. The van der Waals surface area contributed by atoms with Gasteiger partial charge in [0.1, 0.15) is 0 Å². The third kappa shape index (κ3) is 3.25. The summed E-state index contributed by atoms with van der Waals surface area (Å²) >= 11 is 3.36. The number of benzene rings is 3. The number of methoxy groups -OCH3 is 1. The summed E-state index contributed by atoms with van der Waals surface area (Å²) in [5, 5.41) is 10.3. The highest BCUT2D eigenvalue weighted by molar-refractivity contribution is 9.10. The number of carboxylic acids is 1. The molecule has 0 atom stereocenters. The third-order valence-electron chi connectivity index (χ3n) is 5.34. The number of ether oxygens (including phenoxy) is 3. The van der Waals surface area contributed by atoms with Gasteiger partial charge in [-0.05, 0) is 51.8 Å². The molecule has 2 aliphatic heterocycles. The molecular weight excluding hydrogens is 514 g/mol. The molecule has 8 nitrogen and oxygen atoms in total. The van der Waals surface area contributed by atoms with E-state index in [1.54, 1.807) is 48.5 Å². The van der Waals surface area contributed by atoms with Crippen LogP contribution in [0, 0.1) is 0 Å². The van der Waals surface area contributed by atoms with Gasteiger partial charge in [0, 0.05) is 15.6 Å². The molecule has 10 heteroatoms. The lowest BCUT2D eigenvalue weighted by atomic mass is 9.94. The Kier molecular flexibility index (Phi) is 5.06. The molecule has 168 valence electrons. The van der Waals surface area contributed by atoms with Gasteiger partial charge >= 0.3 is 5.97 Å². The van der Waals surface area contributed by atoms with Crippen molar-refractivity contribution in [3.05, 3.63) is 82.0 Å². The standard InChI is InChI=1S/C23H16BrNO7S/c1-30-17-10-13(11-18-22(17)32-12-31-18)20-14-6-2-5-9-19(14)33(28,29)25(21(20)23(26)27)16-8-4-3-7-15(16)24/h2-11H,12H2,1H3,(H,26,27). The van der Waals surface area contributed by atoms with Crippen LogP contribution in [0.1, 0.15) is 11.1 Å². The van der Waals surface area contributed by atoms with Crippen LogP contribution in [0.15, 0.2) is 75.7 Å². The van der Waals surface area contributed by atoms with Crippen molar-refractivity contribution < 1.29 is 32.5 Å². The van der Waals surface area contributed by atoms with Crippen LogP contribution in [0.3, 0.4) is 0 Å². The Labute approximate surface area is 197 Å². The number of sulfonamides is 1. The first-order valence-electron chi connectivity index (χ1n) is 9.69. The molecule has 0 bridgehead atoms. The molecular formula is C23H16BrNO7S. The van der Waals surface area contributed by atoms with Crippen molar-refractivity contribution in [1.82, 2.24) is 0 Å². The van der Waals surface area contributed by atoms with Gasteiger partial charge < -0.3 is 19.3 Å². The summed E-state index contributed by atoms with van der Waals surface area (Å²) < 4.78 is 45.1. The summed E-state index contributed by atoms with van der Waals surface area (Å²) in [5.41, 5.74) is 0.642. The summed E-state index contributed by atoms with van der Waals surface area (Å²) in [4.78, 5) is 12.6. The Balaban J connectivity index is 1.91. The molecule has 2 heterocycles. The van der Waals surface area contributed by atoms with Gasteiger partial charge in [0.15, 0.2) is 17.2 Å². The first kappa shape index (κ1) is 21.4. The number of nitrogens with zero attached hydrogens (tertiary/aromatic N) is 1. The highest BCUT2D eigenvalue weighted by Gasteiger charge is 2.42. The van der Waals surface area contributed by atoms with E-state index in [0.29, 0.717) is 27.3 Å². The smallest absolute Gasteiger partial charge is 0.354 e. The molecule has 0 aliphatic carbocycles. The lowest BCUT2D eigenvalue weighted by Crippen LogP contribution is -2.38. The molecule has 2 aliphatic rings. The van der Waals surface area contributed by atoms with Gasteiger partial charge in [-0.2, -0.15) is 0 Å². The molecule has 0 fully saturated rings. The second-order valence-corrected chi connectivity index (χ2v) is 9.77. The molecule has 3 aromatic rings. The molecule has 0 amide bonds. The van der Waals surface area contributed by atoms with Gasteiger partial charge in [-0.15, -0.1) is 0 Å². The van der Waals surface area contributed by atoms with E-state index in [2.05, 4.69) is 15.9 Å². The van der Waals surface area contributed by atoms with E-state index >= 15 is 0 Å². The zero-order valence-electron chi connectivity index (χ0n) is 17.1. The van der Waals surface area contributed by atoms with Crippen LogP contribution in [-0.4, -0.2) is 33.4 Å². The van der Waals surface area contributed by atoms with Crippen LogP contribution in [0.2, 0.25) is 0 Å². The highest BCUT2D eigenvalue weighted by Crippen LogP contribution is 2.48. The van der Waals surface area contributed by atoms with E-state index in [0.717, 1.165) is 4.31 Å². The average Bonchev–Trinajstić information content (AvgIpc) is 3.27. The molecule has 0 saturated heterocycles. The molecule has 5 rings (SSSR count). The predicted molar refractivity (Wildman–Crippen MR) is 123 cm³/mol. The number of carbonyl (C=O) groups is 1. The van der Waals surface area contributed by atoms with E-state index < -0.39 is 21.7 Å². The molecule has 1 N–H and O–H groups in total. The monoisotopic (exact) mass is 529 g/mol. The summed E-state index contributed by atoms with van der Waals surface area (Å²) in [5.74, 6) is -0.288. The molecule has 0 aromatic heterocycles. The Morgan fingerprint density at radius 1 is 1.09 bits per heavy atom. The summed E-state index contributed by atoms with van der Waals surface area (Å²) in [6, 6.07) is 16.1. The van der Waals surface area contributed by atoms with Crippen molar-refractivity contribution >= 4 is 43.2 Å². The summed E-state index contributed by atoms with van der Waals surface area (Å²) in [6.45, 7) is -0.00592. The van der Waals surface area contributed by atoms with Gasteiger partial charge in [-0.25, -0.2) is 17.5 Å². The van der Waals surface area contributed by atoms with Crippen LogP contribution in [0.5, 0.6) is 17.2 Å². The maximum Gasteiger partial charge on any atom is 0.354 e. The number of carboxylic acid groups (broad SMARTS) is 1. The Bertz CT molecular complexity index is 1450. The minimum absolute atomic E-state index is 0.00592. The number of aliphatic carboxylic acids is 1. The lowest BCUT2D eigenvalue weighted by molar-refractivity contribution is -0.132. The number of halogens is 1. The van der Waals surface area contributed by atoms with Gasteiger partial charge in [0.05, 0.1) is 17.7 Å². The molecule has 3 aromatic carbocycles. The van der Waals surface area contributed by atoms with Crippen LogP contribution < -0.4 is 18.5 Å². The maximum absolute atomic E-state index is 13.7. The Morgan fingerprint density at radius 3 is 2.55 bits per heavy atom.